The van der Waals surface area contributed by atoms with Crippen molar-refractivity contribution in [3.63, 3.8) is 0 Å². The Balaban J connectivity index is 1.35. The quantitative estimate of drug-likeness (QED) is 0.440. The molecule has 0 aliphatic carbocycles. The summed E-state index contributed by atoms with van der Waals surface area (Å²) in [6.07, 6.45) is 1.43. The highest BCUT2D eigenvalue weighted by molar-refractivity contribution is 7.89. The van der Waals surface area contributed by atoms with Gasteiger partial charge in [-0.2, -0.15) is 4.31 Å². The molecule has 33 heavy (non-hydrogen) atoms. The predicted molar refractivity (Wildman–Crippen MR) is 116 cm³/mol. The second-order valence-electron chi connectivity index (χ2n) is 7.57. The number of hydrogen-bond acceptors (Lipinski definition) is 7. The van der Waals surface area contributed by atoms with Gasteiger partial charge in [-0.1, -0.05) is 35.5 Å². The number of rotatable bonds is 5. The van der Waals surface area contributed by atoms with Gasteiger partial charge in [-0.3, -0.25) is 0 Å². The van der Waals surface area contributed by atoms with Crippen molar-refractivity contribution in [2.24, 2.45) is 0 Å². The highest BCUT2D eigenvalue weighted by atomic mass is 32.2. The summed E-state index contributed by atoms with van der Waals surface area (Å²) in [4.78, 5) is 10.0. The molecule has 5 rings (SSSR count). The van der Waals surface area contributed by atoms with E-state index in [0.717, 1.165) is 17.7 Å². The Bertz CT molecular complexity index is 1400. The summed E-state index contributed by atoms with van der Waals surface area (Å²) >= 11 is 0. The lowest BCUT2D eigenvalue weighted by atomic mass is 10.2. The van der Waals surface area contributed by atoms with Gasteiger partial charge in [0.1, 0.15) is 22.9 Å². The number of anilines is 1. The molecule has 0 N–H and O–H groups in total. The second-order valence-corrected chi connectivity index (χ2v) is 9.47. The smallest absolute Gasteiger partial charge is 0.246 e. The van der Waals surface area contributed by atoms with E-state index in [0.29, 0.717) is 42.7 Å². The first-order valence-electron chi connectivity index (χ1n) is 10.2. The van der Waals surface area contributed by atoms with E-state index in [4.69, 9.17) is 0 Å². The van der Waals surface area contributed by atoms with Gasteiger partial charge in [-0.05, 0) is 17.7 Å². The largest absolute Gasteiger partial charge is 0.352 e. The molecule has 12 heteroatoms. The maximum Gasteiger partial charge on any atom is 0.246 e. The van der Waals surface area contributed by atoms with Gasteiger partial charge in [-0.15, -0.1) is 5.10 Å². The molecule has 0 unspecified atom stereocenters. The highest BCUT2D eigenvalue weighted by Crippen LogP contribution is 2.25. The zero-order chi connectivity index (χ0) is 23.0. The average molecular weight is 471 g/mol. The van der Waals surface area contributed by atoms with Gasteiger partial charge in [0.2, 0.25) is 10.0 Å². The number of hydrogen-bond donors (Lipinski definition) is 0. The highest BCUT2D eigenvalue weighted by Gasteiger charge is 2.32. The zero-order valence-corrected chi connectivity index (χ0v) is 18.2. The summed E-state index contributed by atoms with van der Waals surface area (Å²) < 4.78 is 55.8. The topological polar surface area (TPSA) is 97.1 Å². The predicted octanol–water partition coefficient (Wildman–Crippen LogP) is 2.06. The monoisotopic (exact) mass is 471 g/mol. The van der Waals surface area contributed by atoms with Crippen molar-refractivity contribution in [3.05, 3.63) is 72.1 Å². The van der Waals surface area contributed by atoms with Crippen molar-refractivity contribution in [3.8, 4) is 0 Å². The van der Waals surface area contributed by atoms with Crippen LogP contribution in [0.15, 0.2) is 59.8 Å². The molecule has 0 spiro atoms. The van der Waals surface area contributed by atoms with E-state index in [1.54, 1.807) is 4.68 Å². The average Bonchev–Trinajstić information content (AvgIpc) is 3.22. The van der Waals surface area contributed by atoms with Crippen molar-refractivity contribution >= 4 is 27.0 Å². The van der Waals surface area contributed by atoms with Crippen molar-refractivity contribution in [2.75, 3.05) is 31.1 Å². The lowest BCUT2D eigenvalue weighted by Crippen LogP contribution is -2.49. The van der Waals surface area contributed by atoms with E-state index in [2.05, 4.69) is 20.3 Å². The standard InChI is InChI=1S/C21H19F2N7O2S/c22-16-6-7-18(17(23)12-16)33(31,32)29-10-8-28(9-11-29)20-19-21(25-14-24-20)30(27-26-19)13-15-4-2-1-3-5-15/h1-7,12,14H,8-11,13H2. The molecule has 1 saturated heterocycles. The number of piperazine rings is 1. The van der Waals surface area contributed by atoms with Crippen LogP contribution in [0.2, 0.25) is 0 Å². The molecule has 2 aromatic carbocycles. The summed E-state index contributed by atoms with van der Waals surface area (Å²) in [5.41, 5.74) is 2.15. The fraction of sp³-hybridized carbons (Fsp3) is 0.238. The maximum absolute atomic E-state index is 14.1. The normalized spacial score (nSPS) is 15.3. The Kier molecular flexibility index (Phi) is 5.46. The van der Waals surface area contributed by atoms with Crippen molar-refractivity contribution in [1.82, 2.24) is 29.3 Å². The minimum Gasteiger partial charge on any atom is -0.352 e. The molecule has 0 amide bonds. The number of nitrogens with zero attached hydrogens (tertiary/aromatic N) is 7. The fourth-order valence-electron chi connectivity index (χ4n) is 3.84. The molecule has 170 valence electrons. The molecule has 0 saturated carbocycles. The van der Waals surface area contributed by atoms with Crippen LogP contribution in [-0.2, 0) is 16.6 Å². The van der Waals surface area contributed by atoms with E-state index < -0.39 is 26.6 Å². The minimum absolute atomic E-state index is 0.114. The molecule has 4 aromatic rings. The van der Waals surface area contributed by atoms with Crippen LogP contribution in [0.4, 0.5) is 14.6 Å². The number of halogens is 2. The Labute approximate surface area is 188 Å². The van der Waals surface area contributed by atoms with Gasteiger partial charge in [0.15, 0.2) is 17.0 Å². The lowest BCUT2D eigenvalue weighted by molar-refractivity contribution is 0.381. The molecule has 1 fully saturated rings. The summed E-state index contributed by atoms with van der Waals surface area (Å²) in [5.74, 6) is -1.38. The Morgan fingerprint density at radius 3 is 2.42 bits per heavy atom. The molecule has 2 aromatic heterocycles. The van der Waals surface area contributed by atoms with Crippen molar-refractivity contribution in [2.45, 2.75) is 11.4 Å². The van der Waals surface area contributed by atoms with Gasteiger partial charge >= 0.3 is 0 Å². The van der Waals surface area contributed by atoms with E-state index in [1.165, 1.54) is 10.6 Å². The molecular formula is C21H19F2N7O2S. The SMILES string of the molecule is O=S(=O)(c1ccc(F)cc1F)N1CCN(c2ncnc3c2nnn3Cc2ccccc2)CC1. The van der Waals surface area contributed by atoms with Crippen LogP contribution in [0.1, 0.15) is 5.56 Å². The molecular weight excluding hydrogens is 452 g/mol. The van der Waals surface area contributed by atoms with Gasteiger partial charge < -0.3 is 4.90 Å². The summed E-state index contributed by atoms with van der Waals surface area (Å²) in [7, 11) is -4.09. The summed E-state index contributed by atoms with van der Waals surface area (Å²) in [5, 5.41) is 8.47. The molecule has 1 aliphatic rings. The van der Waals surface area contributed by atoms with Crippen LogP contribution in [0, 0.1) is 11.6 Å². The summed E-state index contributed by atoms with van der Waals surface area (Å²) in [6.45, 7) is 1.37. The van der Waals surface area contributed by atoms with Gasteiger partial charge in [-0.25, -0.2) is 31.8 Å². The molecule has 0 radical (unpaired) electrons. The first kappa shape index (κ1) is 21.3. The van der Waals surface area contributed by atoms with E-state index in [-0.39, 0.29) is 13.1 Å². The Morgan fingerprint density at radius 2 is 1.70 bits per heavy atom. The van der Waals surface area contributed by atoms with Crippen LogP contribution in [-0.4, -0.2) is 63.9 Å². The second kappa shape index (κ2) is 8.45. The molecule has 1 aliphatic heterocycles. The summed E-state index contributed by atoms with van der Waals surface area (Å²) in [6, 6.07) is 12.2. The van der Waals surface area contributed by atoms with Crippen molar-refractivity contribution < 1.29 is 17.2 Å². The molecule has 0 atom stereocenters. The maximum atomic E-state index is 14.1. The van der Waals surface area contributed by atoms with E-state index in [9.17, 15) is 17.2 Å². The van der Waals surface area contributed by atoms with E-state index >= 15 is 0 Å². The van der Waals surface area contributed by atoms with Crippen molar-refractivity contribution in [1.29, 1.82) is 0 Å². The molecule has 9 nitrogen and oxygen atoms in total. The first-order chi connectivity index (χ1) is 15.9. The third-order valence-corrected chi connectivity index (χ3v) is 7.44. The van der Waals surface area contributed by atoms with E-state index in [1.807, 2.05) is 35.2 Å². The van der Waals surface area contributed by atoms with Crippen LogP contribution < -0.4 is 4.90 Å². The zero-order valence-electron chi connectivity index (χ0n) is 17.3. The lowest BCUT2D eigenvalue weighted by Gasteiger charge is -2.34. The van der Waals surface area contributed by atoms with Gasteiger partial charge in [0.25, 0.3) is 0 Å². The van der Waals surface area contributed by atoms with Crippen LogP contribution >= 0.6 is 0 Å². The Morgan fingerprint density at radius 1 is 0.939 bits per heavy atom. The minimum atomic E-state index is -4.09. The molecule has 0 bridgehead atoms. The third kappa shape index (κ3) is 4.02. The first-order valence-corrected chi connectivity index (χ1v) is 11.7. The van der Waals surface area contributed by atoms with Gasteiger partial charge in [0.05, 0.1) is 6.54 Å². The number of benzene rings is 2. The van der Waals surface area contributed by atoms with Crippen LogP contribution in [0.5, 0.6) is 0 Å². The third-order valence-electron chi connectivity index (χ3n) is 5.51. The Hall–Kier alpha value is -3.51. The van der Waals surface area contributed by atoms with Crippen LogP contribution in [0.3, 0.4) is 0 Å². The number of sulfonamides is 1. The fourth-order valence-corrected chi connectivity index (χ4v) is 5.31. The molecule has 3 heterocycles. The van der Waals surface area contributed by atoms with Gasteiger partial charge in [0, 0.05) is 32.2 Å². The number of aromatic nitrogens is 5. The van der Waals surface area contributed by atoms with Crippen LogP contribution in [0.25, 0.3) is 11.2 Å². The number of fused-ring (bicyclic) bond motifs is 1.